The first-order valence-electron chi connectivity index (χ1n) is 18.5. The van der Waals surface area contributed by atoms with Crippen LogP contribution in [0.25, 0.3) is 44.4 Å². The number of benzene rings is 4. The molecule has 260 valence electrons. The molecule has 0 spiro atoms. The lowest BCUT2D eigenvalue weighted by Crippen LogP contribution is -2.12. The molecule has 1 atom stereocenters. The van der Waals surface area contributed by atoms with E-state index >= 15 is 0 Å². The summed E-state index contributed by atoms with van der Waals surface area (Å²) in [4.78, 5) is 4.91. The minimum absolute atomic E-state index is 0.00126. The van der Waals surface area contributed by atoms with Gasteiger partial charge in [-0.25, -0.2) is 9.67 Å². The van der Waals surface area contributed by atoms with Gasteiger partial charge in [0.2, 0.25) is 0 Å². The van der Waals surface area contributed by atoms with Gasteiger partial charge in [0.15, 0.2) is 0 Å². The molecule has 5 nitrogen and oxygen atoms in total. The Labute approximate surface area is 302 Å². The molecule has 4 aromatic carbocycles. The molecule has 51 heavy (non-hydrogen) atoms. The molecule has 7 rings (SSSR count). The van der Waals surface area contributed by atoms with Gasteiger partial charge in [-0.3, -0.25) is 4.57 Å². The summed E-state index contributed by atoms with van der Waals surface area (Å²) < 4.78 is 11.1. The molecule has 7 aromatic rings. The second-order valence-electron chi connectivity index (χ2n) is 15.6. The fraction of sp³-hybridized carbons (Fsp3) is 0.304. The van der Waals surface area contributed by atoms with E-state index in [4.69, 9.17) is 14.8 Å². The third-order valence-corrected chi connectivity index (χ3v) is 10.2. The number of hydrogen-bond acceptors (Lipinski definition) is 3. The first-order valence-corrected chi connectivity index (χ1v) is 18.5. The predicted octanol–water partition coefficient (Wildman–Crippen LogP) is 12.9. The van der Waals surface area contributed by atoms with E-state index in [0.717, 1.165) is 46.2 Å². The van der Waals surface area contributed by atoms with E-state index in [0.29, 0.717) is 5.92 Å². The summed E-state index contributed by atoms with van der Waals surface area (Å²) in [5.41, 5.74) is 10.5. The minimum Gasteiger partial charge on any atom is -0.457 e. The number of hydrogen-bond donors (Lipinski definition) is 0. The van der Waals surface area contributed by atoms with Gasteiger partial charge in [-0.15, -0.1) is 0 Å². The molecule has 0 aliphatic rings. The van der Waals surface area contributed by atoms with E-state index < -0.39 is 0 Å². The molecule has 0 saturated heterocycles. The molecule has 0 N–H and O–H groups in total. The topological polar surface area (TPSA) is 44.9 Å². The largest absolute Gasteiger partial charge is 0.457 e. The Hall–Kier alpha value is -5.16. The van der Waals surface area contributed by atoms with Crippen LogP contribution in [0.5, 0.6) is 11.5 Å². The molecule has 3 heterocycles. The normalized spacial score (nSPS) is 12.8. The van der Waals surface area contributed by atoms with Crippen molar-refractivity contribution in [3.8, 4) is 34.1 Å². The van der Waals surface area contributed by atoms with Crippen LogP contribution < -0.4 is 4.74 Å². The van der Waals surface area contributed by atoms with Gasteiger partial charge in [0, 0.05) is 34.7 Å². The smallest absolute Gasteiger partial charge is 0.137 e. The van der Waals surface area contributed by atoms with Crippen LogP contribution in [-0.2, 0) is 5.41 Å². The molecule has 0 bridgehead atoms. The third-order valence-electron chi connectivity index (χ3n) is 10.2. The monoisotopic (exact) mass is 674 g/mol. The predicted molar refractivity (Wildman–Crippen MR) is 213 cm³/mol. The zero-order chi connectivity index (χ0) is 36.0. The van der Waals surface area contributed by atoms with Crippen LogP contribution in [0.15, 0.2) is 109 Å². The molecular weight excluding hydrogens is 625 g/mol. The fourth-order valence-electron chi connectivity index (χ4n) is 7.18. The Morgan fingerprint density at radius 3 is 2.18 bits per heavy atom. The lowest BCUT2D eigenvalue weighted by molar-refractivity contribution is 0.482. The van der Waals surface area contributed by atoms with Crippen molar-refractivity contribution < 1.29 is 4.74 Å². The maximum absolute atomic E-state index is 6.69. The highest BCUT2D eigenvalue weighted by Gasteiger charge is 2.25. The maximum Gasteiger partial charge on any atom is 0.137 e. The van der Waals surface area contributed by atoms with Crippen molar-refractivity contribution in [2.24, 2.45) is 0 Å². The summed E-state index contributed by atoms with van der Waals surface area (Å²) >= 11 is 0. The standard InChI is InChI=1S/C46H50N4O/c1-10-31(6)33-19-22-40-39(25-33)38-21-20-37(28-41(38)49(40)42-26-34(23-24-47-42)46(7,8)9)51-36-18-14-17-35(27-36)50-45(30(4)5)43(44(48-50)29(2)3)32-15-12-11-13-16-32/h11-31H,10H2,1-9H3. The quantitative estimate of drug-likeness (QED) is 0.153. The van der Waals surface area contributed by atoms with E-state index in [9.17, 15) is 0 Å². The fourth-order valence-corrected chi connectivity index (χ4v) is 7.18. The van der Waals surface area contributed by atoms with Gasteiger partial charge >= 0.3 is 0 Å². The van der Waals surface area contributed by atoms with E-state index in [-0.39, 0.29) is 17.3 Å². The van der Waals surface area contributed by atoms with Gasteiger partial charge in [0.05, 0.1) is 28.1 Å². The molecule has 0 fully saturated rings. The summed E-state index contributed by atoms with van der Waals surface area (Å²) in [6, 6.07) is 36.7. The van der Waals surface area contributed by atoms with Crippen LogP contribution in [0.1, 0.15) is 109 Å². The van der Waals surface area contributed by atoms with Crippen LogP contribution in [0.3, 0.4) is 0 Å². The molecule has 0 amide bonds. The number of rotatable bonds is 9. The highest BCUT2D eigenvalue weighted by atomic mass is 16.5. The summed E-state index contributed by atoms with van der Waals surface area (Å²) in [6.07, 6.45) is 3.03. The zero-order valence-electron chi connectivity index (χ0n) is 31.5. The van der Waals surface area contributed by atoms with Crippen molar-refractivity contribution in [1.29, 1.82) is 0 Å². The van der Waals surface area contributed by atoms with Crippen molar-refractivity contribution in [3.63, 3.8) is 0 Å². The number of aromatic nitrogens is 4. The lowest BCUT2D eigenvalue weighted by atomic mass is 9.88. The van der Waals surface area contributed by atoms with E-state index in [1.54, 1.807) is 0 Å². The number of ether oxygens (including phenoxy) is 1. The zero-order valence-corrected chi connectivity index (χ0v) is 31.5. The van der Waals surface area contributed by atoms with Crippen molar-refractivity contribution >= 4 is 21.8 Å². The summed E-state index contributed by atoms with van der Waals surface area (Å²) in [5.74, 6) is 3.47. The van der Waals surface area contributed by atoms with Crippen molar-refractivity contribution in [1.82, 2.24) is 19.3 Å². The molecular formula is C46H50N4O. The van der Waals surface area contributed by atoms with Gasteiger partial charge in [-0.2, -0.15) is 5.10 Å². The summed E-state index contributed by atoms with van der Waals surface area (Å²) in [6.45, 7) is 20.2. The molecule has 0 saturated carbocycles. The van der Waals surface area contributed by atoms with Gasteiger partial charge < -0.3 is 4.74 Å². The Kier molecular flexibility index (Phi) is 9.09. The lowest BCUT2D eigenvalue weighted by Gasteiger charge is -2.20. The maximum atomic E-state index is 6.69. The van der Waals surface area contributed by atoms with Crippen LogP contribution in [0.2, 0.25) is 0 Å². The highest BCUT2D eigenvalue weighted by molar-refractivity contribution is 6.09. The van der Waals surface area contributed by atoms with Crippen LogP contribution in [0.4, 0.5) is 0 Å². The van der Waals surface area contributed by atoms with Gasteiger partial charge in [-0.1, -0.05) is 105 Å². The van der Waals surface area contributed by atoms with Crippen LogP contribution >= 0.6 is 0 Å². The second kappa shape index (κ2) is 13.5. The van der Waals surface area contributed by atoms with Gasteiger partial charge in [-0.05, 0) is 94.8 Å². The summed E-state index contributed by atoms with van der Waals surface area (Å²) in [5, 5.41) is 7.65. The van der Waals surface area contributed by atoms with Gasteiger partial charge in [0.25, 0.3) is 0 Å². The van der Waals surface area contributed by atoms with Gasteiger partial charge in [0.1, 0.15) is 17.3 Å². The molecule has 0 aliphatic heterocycles. The Morgan fingerprint density at radius 2 is 1.47 bits per heavy atom. The minimum atomic E-state index is 0.00126. The van der Waals surface area contributed by atoms with Crippen LogP contribution in [-0.4, -0.2) is 19.3 Å². The molecule has 5 heteroatoms. The average Bonchev–Trinajstić information content (AvgIpc) is 3.68. The Bertz CT molecular complexity index is 2340. The second-order valence-corrected chi connectivity index (χ2v) is 15.6. The first-order chi connectivity index (χ1) is 24.4. The van der Waals surface area contributed by atoms with E-state index in [2.05, 4.69) is 169 Å². The van der Waals surface area contributed by atoms with Crippen molar-refractivity contribution in [3.05, 3.63) is 132 Å². The third kappa shape index (κ3) is 6.46. The Morgan fingerprint density at radius 1 is 0.706 bits per heavy atom. The summed E-state index contributed by atoms with van der Waals surface area (Å²) in [7, 11) is 0. The van der Waals surface area contributed by atoms with Crippen LogP contribution in [0, 0.1) is 0 Å². The van der Waals surface area contributed by atoms with Crippen molar-refractivity contribution in [2.75, 3.05) is 0 Å². The molecule has 3 aromatic heterocycles. The molecule has 1 unspecified atom stereocenters. The SMILES string of the molecule is CCC(C)c1ccc2c(c1)c1ccc(Oc3cccc(-n4nc(C(C)C)c(-c5ccccc5)c4C(C)C)c3)cc1n2-c1cc(C(C)(C)C)ccn1. The van der Waals surface area contributed by atoms with E-state index in [1.165, 1.54) is 38.7 Å². The molecule has 0 radical (unpaired) electrons. The highest BCUT2D eigenvalue weighted by Crippen LogP contribution is 2.40. The van der Waals surface area contributed by atoms with E-state index in [1.807, 2.05) is 12.3 Å². The molecule has 0 aliphatic carbocycles. The average molecular weight is 675 g/mol. The van der Waals surface area contributed by atoms with Crippen molar-refractivity contribution in [2.45, 2.75) is 91.9 Å². The number of nitrogens with zero attached hydrogens (tertiary/aromatic N) is 4. The Balaban J connectivity index is 1.34. The number of fused-ring (bicyclic) bond motifs is 3. The first kappa shape index (κ1) is 34.3. The number of pyridine rings is 1.